The molecular formula is C17H12ClF6NO. The molecule has 0 fully saturated rings. The first-order valence-corrected chi connectivity index (χ1v) is 7.56. The van der Waals surface area contributed by atoms with E-state index < -0.39 is 30.1 Å². The van der Waals surface area contributed by atoms with Gasteiger partial charge in [-0.25, -0.2) is 0 Å². The van der Waals surface area contributed by atoms with E-state index in [0.717, 1.165) is 24.3 Å². The van der Waals surface area contributed by atoms with Gasteiger partial charge in [0.05, 0.1) is 16.8 Å². The van der Waals surface area contributed by atoms with E-state index in [4.69, 9.17) is 16.4 Å². The molecule has 26 heavy (non-hydrogen) atoms. The first-order chi connectivity index (χ1) is 12.0. The van der Waals surface area contributed by atoms with Crippen LogP contribution in [0.3, 0.4) is 0 Å². The Labute approximate surface area is 150 Å². The SMILES string of the molecule is CC(=NOCc1ccccc1C(F)(F)F)c1cc(Cl)ccc1C(F)(F)F. The van der Waals surface area contributed by atoms with Crippen molar-refractivity contribution < 1.29 is 31.2 Å². The summed E-state index contributed by atoms with van der Waals surface area (Å²) in [4.78, 5) is 4.86. The number of hydrogen-bond acceptors (Lipinski definition) is 2. The second-order valence-corrected chi connectivity index (χ2v) is 5.73. The van der Waals surface area contributed by atoms with Crippen molar-refractivity contribution in [2.75, 3.05) is 0 Å². The molecule has 0 aliphatic rings. The van der Waals surface area contributed by atoms with Crippen LogP contribution in [0.1, 0.15) is 29.2 Å². The molecule has 0 unspecified atom stereocenters. The molecule has 0 saturated heterocycles. The Morgan fingerprint density at radius 2 is 1.58 bits per heavy atom. The summed E-state index contributed by atoms with van der Waals surface area (Å²) in [5, 5.41) is 3.58. The van der Waals surface area contributed by atoms with E-state index in [1.165, 1.54) is 25.1 Å². The second kappa shape index (κ2) is 7.57. The largest absolute Gasteiger partial charge is 0.417 e. The molecule has 140 valence electrons. The molecule has 0 radical (unpaired) electrons. The van der Waals surface area contributed by atoms with Gasteiger partial charge in [0.25, 0.3) is 0 Å². The van der Waals surface area contributed by atoms with E-state index >= 15 is 0 Å². The Bertz CT molecular complexity index is 814. The van der Waals surface area contributed by atoms with Crippen molar-refractivity contribution in [2.45, 2.75) is 25.9 Å². The van der Waals surface area contributed by atoms with Crippen molar-refractivity contribution >= 4 is 17.3 Å². The summed E-state index contributed by atoms with van der Waals surface area (Å²) in [6.07, 6.45) is -9.21. The lowest BCUT2D eigenvalue weighted by Crippen LogP contribution is -2.12. The summed E-state index contributed by atoms with van der Waals surface area (Å²) in [6, 6.07) is 7.65. The van der Waals surface area contributed by atoms with Crippen LogP contribution in [0.4, 0.5) is 26.3 Å². The summed E-state index contributed by atoms with van der Waals surface area (Å²) < 4.78 is 77.8. The number of rotatable bonds is 4. The number of alkyl halides is 6. The Morgan fingerprint density at radius 3 is 2.19 bits per heavy atom. The molecule has 0 atom stereocenters. The Kier molecular flexibility index (Phi) is 5.85. The zero-order valence-corrected chi connectivity index (χ0v) is 14.0. The fourth-order valence-corrected chi connectivity index (χ4v) is 2.41. The number of hydrogen-bond donors (Lipinski definition) is 0. The molecule has 2 aromatic rings. The fraction of sp³-hybridized carbons (Fsp3) is 0.235. The maximum Gasteiger partial charge on any atom is 0.417 e. The highest BCUT2D eigenvalue weighted by molar-refractivity contribution is 6.31. The quantitative estimate of drug-likeness (QED) is 0.337. The molecule has 2 rings (SSSR count). The van der Waals surface area contributed by atoms with Gasteiger partial charge in [0.1, 0.15) is 6.61 Å². The molecule has 0 heterocycles. The van der Waals surface area contributed by atoms with Crippen LogP contribution in [-0.4, -0.2) is 5.71 Å². The first-order valence-electron chi connectivity index (χ1n) is 7.19. The van der Waals surface area contributed by atoms with Crippen molar-refractivity contribution in [3.63, 3.8) is 0 Å². The van der Waals surface area contributed by atoms with Gasteiger partial charge in [-0.1, -0.05) is 35.0 Å². The third kappa shape index (κ3) is 4.91. The summed E-state index contributed by atoms with van der Waals surface area (Å²) in [5.41, 5.74) is -2.52. The molecule has 0 aromatic heterocycles. The molecule has 2 nitrogen and oxygen atoms in total. The summed E-state index contributed by atoms with van der Waals surface area (Å²) >= 11 is 5.72. The lowest BCUT2D eigenvalue weighted by atomic mass is 10.0. The molecule has 0 aliphatic carbocycles. The Hall–Kier alpha value is -2.22. The maximum absolute atomic E-state index is 13.0. The van der Waals surface area contributed by atoms with Crippen LogP contribution >= 0.6 is 11.6 Å². The molecule has 0 amide bonds. The van der Waals surface area contributed by atoms with E-state index in [1.54, 1.807) is 0 Å². The molecule has 0 spiro atoms. The summed E-state index contributed by atoms with van der Waals surface area (Å²) in [6.45, 7) is 0.700. The summed E-state index contributed by atoms with van der Waals surface area (Å²) in [7, 11) is 0. The predicted molar refractivity (Wildman–Crippen MR) is 84.9 cm³/mol. The van der Waals surface area contributed by atoms with E-state index in [-0.39, 0.29) is 21.9 Å². The van der Waals surface area contributed by atoms with Crippen molar-refractivity contribution in [2.24, 2.45) is 5.16 Å². The van der Waals surface area contributed by atoms with Crippen LogP contribution in [0.5, 0.6) is 0 Å². The van der Waals surface area contributed by atoms with E-state index in [1.807, 2.05) is 0 Å². The van der Waals surface area contributed by atoms with Crippen molar-refractivity contribution in [3.05, 3.63) is 69.7 Å². The third-order valence-corrected chi connectivity index (χ3v) is 3.66. The van der Waals surface area contributed by atoms with Gasteiger partial charge in [0.2, 0.25) is 0 Å². The molecule has 9 heteroatoms. The number of halogens is 7. The zero-order chi connectivity index (χ0) is 19.5. The van der Waals surface area contributed by atoms with Gasteiger partial charge in [-0.3, -0.25) is 0 Å². The first kappa shape index (κ1) is 20.1. The fourth-order valence-electron chi connectivity index (χ4n) is 2.23. The molecule has 0 aliphatic heterocycles. The molecule has 0 bridgehead atoms. The highest BCUT2D eigenvalue weighted by Gasteiger charge is 2.34. The maximum atomic E-state index is 13.0. The van der Waals surface area contributed by atoms with Crippen LogP contribution in [-0.2, 0) is 23.8 Å². The minimum atomic E-state index is -4.64. The van der Waals surface area contributed by atoms with Crippen LogP contribution in [0.2, 0.25) is 5.02 Å². The van der Waals surface area contributed by atoms with Gasteiger partial charge in [-0.05, 0) is 31.2 Å². The normalized spacial score (nSPS) is 13.0. The van der Waals surface area contributed by atoms with Crippen molar-refractivity contribution in [1.82, 2.24) is 0 Å². The zero-order valence-electron chi connectivity index (χ0n) is 13.2. The molecule has 0 saturated carbocycles. The summed E-state index contributed by atoms with van der Waals surface area (Å²) in [5.74, 6) is 0. The lowest BCUT2D eigenvalue weighted by Gasteiger charge is -2.14. The van der Waals surface area contributed by atoms with E-state index in [9.17, 15) is 26.3 Å². The van der Waals surface area contributed by atoms with Gasteiger partial charge < -0.3 is 4.84 Å². The Balaban J connectivity index is 2.25. The minimum Gasteiger partial charge on any atom is -0.391 e. The number of benzene rings is 2. The van der Waals surface area contributed by atoms with Gasteiger partial charge in [0.15, 0.2) is 0 Å². The highest BCUT2D eigenvalue weighted by Crippen LogP contribution is 2.34. The molecule has 0 N–H and O–H groups in total. The van der Waals surface area contributed by atoms with Crippen LogP contribution in [0.15, 0.2) is 47.6 Å². The van der Waals surface area contributed by atoms with Crippen LogP contribution < -0.4 is 0 Å². The lowest BCUT2D eigenvalue weighted by molar-refractivity contribution is -0.139. The van der Waals surface area contributed by atoms with Gasteiger partial charge in [-0.2, -0.15) is 26.3 Å². The highest BCUT2D eigenvalue weighted by atomic mass is 35.5. The topological polar surface area (TPSA) is 21.6 Å². The van der Waals surface area contributed by atoms with Crippen LogP contribution in [0.25, 0.3) is 0 Å². The van der Waals surface area contributed by atoms with Gasteiger partial charge >= 0.3 is 12.4 Å². The average molecular weight is 396 g/mol. The second-order valence-electron chi connectivity index (χ2n) is 5.29. The number of oxime groups is 1. The van der Waals surface area contributed by atoms with Gasteiger partial charge in [-0.15, -0.1) is 0 Å². The monoisotopic (exact) mass is 395 g/mol. The third-order valence-electron chi connectivity index (χ3n) is 3.42. The van der Waals surface area contributed by atoms with Crippen molar-refractivity contribution in [3.8, 4) is 0 Å². The number of nitrogens with zero attached hydrogens (tertiary/aromatic N) is 1. The van der Waals surface area contributed by atoms with E-state index in [2.05, 4.69) is 5.16 Å². The smallest absolute Gasteiger partial charge is 0.391 e. The average Bonchev–Trinajstić information content (AvgIpc) is 2.53. The predicted octanol–water partition coefficient (Wildman–Crippen LogP) is 6.32. The standard InChI is InChI=1S/C17H12ClF6NO/c1-10(13-8-12(18)6-7-15(13)17(22,23)24)25-26-9-11-4-2-3-5-14(11)16(19,20)21/h2-8H,9H2,1H3. The van der Waals surface area contributed by atoms with E-state index in [0.29, 0.717) is 0 Å². The Morgan fingerprint density at radius 1 is 0.962 bits per heavy atom. The molecular weight excluding hydrogens is 384 g/mol. The van der Waals surface area contributed by atoms with Gasteiger partial charge in [0, 0.05) is 16.1 Å². The van der Waals surface area contributed by atoms with Crippen molar-refractivity contribution in [1.29, 1.82) is 0 Å². The van der Waals surface area contributed by atoms with Crippen LogP contribution in [0, 0.1) is 0 Å². The minimum absolute atomic E-state index is 0.0602. The molecule has 2 aromatic carbocycles.